The van der Waals surface area contributed by atoms with E-state index >= 15 is 0 Å². The molecular weight excluding hydrogens is 304 g/mol. The number of carbonyl (C=O) groups is 4. The minimum absolute atomic E-state index is 0.0560. The Balaban J connectivity index is 5.02. The van der Waals surface area contributed by atoms with Gasteiger partial charge in [0.05, 0.1) is 11.5 Å². The van der Waals surface area contributed by atoms with Gasteiger partial charge in [0.1, 0.15) is 12.3 Å². The molecule has 0 aromatic carbocycles. The summed E-state index contributed by atoms with van der Waals surface area (Å²) in [7, 11) is 0. The first-order valence-corrected chi connectivity index (χ1v) is 7.30. The van der Waals surface area contributed by atoms with Crippen molar-refractivity contribution >= 4 is 24.1 Å². The van der Waals surface area contributed by atoms with E-state index in [1.54, 1.807) is 13.8 Å². The van der Waals surface area contributed by atoms with Crippen LogP contribution >= 0.6 is 0 Å². The molecule has 132 valence electrons. The Morgan fingerprint density at radius 1 is 1.17 bits per heavy atom. The third-order valence-corrected chi connectivity index (χ3v) is 3.69. The molecule has 23 heavy (non-hydrogen) atoms. The second kappa shape index (κ2) is 8.05. The van der Waals surface area contributed by atoms with Gasteiger partial charge in [-0.15, -0.1) is 0 Å². The van der Waals surface area contributed by atoms with Crippen LogP contribution in [0.3, 0.4) is 0 Å². The fraction of sp³-hybridized carbons (Fsp3) is 0.733. The van der Waals surface area contributed by atoms with Gasteiger partial charge in [0.15, 0.2) is 0 Å². The Morgan fingerprint density at radius 3 is 2.09 bits per heavy atom. The van der Waals surface area contributed by atoms with Gasteiger partial charge in [0.25, 0.3) is 0 Å². The third kappa shape index (κ3) is 6.77. The number of aldehydes is 1. The lowest BCUT2D eigenvalue weighted by Crippen LogP contribution is -2.52. The Kier molecular flexibility index (Phi) is 7.36. The van der Waals surface area contributed by atoms with E-state index in [0.717, 1.165) is 0 Å². The van der Waals surface area contributed by atoms with Crippen LogP contribution in [-0.4, -0.2) is 46.4 Å². The van der Waals surface area contributed by atoms with E-state index in [-0.39, 0.29) is 19.3 Å². The van der Waals surface area contributed by atoms with Crippen LogP contribution in [0.2, 0.25) is 0 Å². The maximum absolute atomic E-state index is 11.9. The topological polar surface area (TPSA) is 147 Å². The fourth-order valence-corrected chi connectivity index (χ4v) is 2.51. The van der Waals surface area contributed by atoms with Crippen molar-refractivity contribution in [1.29, 1.82) is 0 Å². The van der Waals surface area contributed by atoms with Gasteiger partial charge in [-0.3, -0.25) is 9.59 Å². The van der Waals surface area contributed by atoms with Crippen LogP contribution in [0.15, 0.2) is 0 Å². The molecule has 0 radical (unpaired) electrons. The van der Waals surface area contributed by atoms with Gasteiger partial charge in [-0.2, -0.15) is 0 Å². The minimum atomic E-state index is -1.25. The molecule has 0 heterocycles. The lowest BCUT2D eigenvalue weighted by atomic mass is 9.71. The smallest absolute Gasteiger partial charge is 0.326 e. The molecule has 0 aliphatic rings. The zero-order valence-corrected chi connectivity index (χ0v) is 14.0. The number of hydrogen-bond acceptors (Lipinski definition) is 5. The highest BCUT2D eigenvalue weighted by Gasteiger charge is 2.43. The fourth-order valence-electron chi connectivity index (χ4n) is 2.51. The molecule has 0 rings (SSSR count). The molecule has 2 unspecified atom stereocenters. The lowest BCUT2D eigenvalue weighted by Gasteiger charge is -2.36. The number of nitrogens with one attached hydrogen (secondary N) is 1. The van der Waals surface area contributed by atoms with E-state index in [4.69, 9.17) is 5.73 Å². The highest BCUT2D eigenvalue weighted by molar-refractivity contribution is 5.84. The van der Waals surface area contributed by atoms with Crippen LogP contribution in [0.5, 0.6) is 0 Å². The molecule has 0 aromatic rings. The monoisotopic (exact) mass is 330 g/mol. The summed E-state index contributed by atoms with van der Waals surface area (Å²) in [4.78, 5) is 45.0. The quantitative estimate of drug-likeness (QED) is 0.424. The second-order valence-electron chi connectivity index (χ2n) is 7.03. The van der Waals surface area contributed by atoms with Crippen molar-refractivity contribution in [1.82, 2.24) is 5.32 Å². The normalized spacial score (nSPS) is 14.7. The average Bonchev–Trinajstić information content (AvgIpc) is 2.40. The first-order chi connectivity index (χ1) is 10.3. The molecule has 0 fully saturated rings. The third-order valence-electron chi connectivity index (χ3n) is 3.69. The van der Waals surface area contributed by atoms with Crippen molar-refractivity contribution in [2.24, 2.45) is 16.6 Å². The maximum Gasteiger partial charge on any atom is 0.326 e. The molecule has 5 N–H and O–H groups in total. The second-order valence-corrected chi connectivity index (χ2v) is 7.03. The summed E-state index contributed by atoms with van der Waals surface area (Å²) >= 11 is 0. The first kappa shape index (κ1) is 21.0. The van der Waals surface area contributed by atoms with Gasteiger partial charge in [-0.05, 0) is 32.1 Å². The van der Waals surface area contributed by atoms with Crippen molar-refractivity contribution < 1.29 is 29.4 Å². The van der Waals surface area contributed by atoms with E-state index in [0.29, 0.717) is 6.29 Å². The number of carbonyl (C=O) groups excluding carboxylic acids is 2. The molecule has 0 saturated carbocycles. The number of carboxylic acid groups (broad SMARTS) is 2. The standard InChI is InChI=1S/C15H26N2O6/c1-14(2,8-15(3,4)13(22)23)11(12(20)21)17-10(19)6-5-9(16)7-18/h7,9,11H,5-6,8,16H2,1-4H3,(H,17,19)(H,20,21)(H,22,23). The molecule has 8 nitrogen and oxygen atoms in total. The van der Waals surface area contributed by atoms with Crippen molar-refractivity contribution in [2.75, 3.05) is 0 Å². The summed E-state index contributed by atoms with van der Waals surface area (Å²) in [5.41, 5.74) is 3.26. The zero-order chi connectivity index (χ0) is 18.4. The predicted octanol–water partition coefficient (Wildman–Crippen LogP) is 0.389. The Morgan fingerprint density at radius 2 is 1.70 bits per heavy atom. The number of carboxylic acids is 2. The van der Waals surface area contributed by atoms with E-state index in [2.05, 4.69) is 5.32 Å². The minimum Gasteiger partial charge on any atom is -0.481 e. The van der Waals surface area contributed by atoms with Gasteiger partial charge in [0, 0.05) is 6.42 Å². The summed E-state index contributed by atoms with van der Waals surface area (Å²) in [5, 5.41) is 21.0. The van der Waals surface area contributed by atoms with Crippen molar-refractivity contribution in [3.63, 3.8) is 0 Å². The summed E-state index contributed by atoms with van der Waals surface area (Å²) in [6.45, 7) is 6.18. The summed E-state index contributed by atoms with van der Waals surface area (Å²) in [5.74, 6) is -2.84. The Hall–Kier alpha value is -1.96. The number of hydrogen-bond donors (Lipinski definition) is 4. The SMILES string of the molecule is CC(C)(CC(C)(C)C(NC(=O)CCC(N)C=O)C(=O)O)C(=O)O. The summed E-state index contributed by atoms with van der Waals surface area (Å²) in [6.07, 6.45) is 0.604. The molecule has 2 atom stereocenters. The van der Waals surface area contributed by atoms with Gasteiger partial charge in [-0.25, -0.2) is 4.79 Å². The highest BCUT2D eigenvalue weighted by Crippen LogP contribution is 2.36. The number of amides is 1. The zero-order valence-electron chi connectivity index (χ0n) is 14.0. The molecule has 0 aromatic heterocycles. The number of aliphatic carboxylic acids is 2. The van der Waals surface area contributed by atoms with E-state index in [1.165, 1.54) is 13.8 Å². The van der Waals surface area contributed by atoms with Crippen molar-refractivity contribution in [3.05, 3.63) is 0 Å². The molecule has 8 heteroatoms. The lowest BCUT2D eigenvalue weighted by molar-refractivity contribution is -0.152. The van der Waals surface area contributed by atoms with Gasteiger partial charge in [-0.1, -0.05) is 13.8 Å². The van der Waals surface area contributed by atoms with Gasteiger partial charge >= 0.3 is 11.9 Å². The molecule has 1 amide bonds. The first-order valence-electron chi connectivity index (χ1n) is 7.30. The molecule has 0 aliphatic heterocycles. The largest absolute Gasteiger partial charge is 0.481 e. The molecule has 0 saturated heterocycles. The van der Waals surface area contributed by atoms with E-state index < -0.39 is 40.8 Å². The van der Waals surface area contributed by atoms with Crippen LogP contribution in [-0.2, 0) is 19.2 Å². The van der Waals surface area contributed by atoms with Crippen LogP contribution in [0.25, 0.3) is 0 Å². The Labute approximate surface area is 135 Å². The van der Waals surface area contributed by atoms with E-state index in [1.807, 2.05) is 0 Å². The molecule has 0 bridgehead atoms. The highest BCUT2D eigenvalue weighted by atomic mass is 16.4. The number of nitrogens with two attached hydrogens (primary N) is 1. The molecule has 0 aliphatic carbocycles. The molecular formula is C15H26N2O6. The summed E-state index contributed by atoms with van der Waals surface area (Å²) < 4.78 is 0. The van der Waals surface area contributed by atoms with Crippen LogP contribution in [0, 0.1) is 10.8 Å². The van der Waals surface area contributed by atoms with Crippen LogP contribution < -0.4 is 11.1 Å². The van der Waals surface area contributed by atoms with Crippen LogP contribution in [0.4, 0.5) is 0 Å². The summed E-state index contributed by atoms with van der Waals surface area (Å²) in [6, 6.07) is -2.02. The van der Waals surface area contributed by atoms with Crippen LogP contribution in [0.1, 0.15) is 47.0 Å². The predicted molar refractivity (Wildman–Crippen MR) is 82.7 cm³/mol. The van der Waals surface area contributed by atoms with Gasteiger partial charge < -0.3 is 26.1 Å². The van der Waals surface area contributed by atoms with Gasteiger partial charge in [0.2, 0.25) is 5.91 Å². The Bertz CT molecular complexity index is 473. The molecule has 0 spiro atoms. The average molecular weight is 330 g/mol. The van der Waals surface area contributed by atoms with Crippen molar-refractivity contribution in [2.45, 2.75) is 59.0 Å². The van der Waals surface area contributed by atoms with E-state index in [9.17, 15) is 29.4 Å². The maximum atomic E-state index is 11.9. The van der Waals surface area contributed by atoms with Crippen molar-refractivity contribution in [3.8, 4) is 0 Å². The number of rotatable bonds is 10.